The zero-order valence-corrected chi connectivity index (χ0v) is 16.6. The number of rotatable bonds is 7. The number of nitrogens with zero attached hydrogens (tertiary/aromatic N) is 3. The average Bonchev–Trinajstić information content (AvgIpc) is 3.18. The van der Waals surface area contributed by atoms with E-state index in [4.69, 9.17) is 9.26 Å². The summed E-state index contributed by atoms with van der Waals surface area (Å²) in [5.41, 5.74) is 4.35. The van der Waals surface area contributed by atoms with Gasteiger partial charge in [0.25, 0.3) is 0 Å². The highest BCUT2D eigenvalue weighted by Crippen LogP contribution is 2.26. The van der Waals surface area contributed by atoms with E-state index < -0.39 is 0 Å². The Labute approximate surface area is 163 Å². The van der Waals surface area contributed by atoms with Gasteiger partial charge in [0, 0.05) is 18.0 Å². The summed E-state index contributed by atoms with van der Waals surface area (Å²) in [6, 6.07) is 11.9. The van der Waals surface area contributed by atoms with Crippen LogP contribution in [0.3, 0.4) is 0 Å². The lowest BCUT2D eigenvalue weighted by Crippen LogP contribution is -2.24. The van der Waals surface area contributed by atoms with Gasteiger partial charge in [-0.2, -0.15) is 0 Å². The quantitative estimate of drug-likeness (QED) is 0.474. The first-order valence-corrected chi connectivity index (χ1v) is 9.83. The van der Waals surface area contributed by atoms with Crippen LogP contribution < -0.4 is 10.4 Å². The van der Waals surface area contributed by atoms with Gasteiger partial charge >= 0.3 is 5.69 Å². The molecule has 0 fully saturated rings. The van der Waals surface area contributed by atoms with Crippen LogP contribution in [0.5, 0.6) is 5.75 Å². The molecule has 0 spiro atoms. The maximum Gasteiger partial charge on any atom is 0.329 e. The van der Waals surface area contributed by atoms with Crippen molar-refractivity contribution in [2.45, 2.75) is 46.7 Å². The van der Waals surface area contributed by atoms with E-state index >= 15 is 0 Å². The minimum Gasteiger partial charge on any atom is -0.494 e. The highest BCUT2D eigenvalue weighted by Gasteiger charge is 2.17. The molecule has 28 heavy (non-hydrogen) atoms. The number of aromatic nitrogens is 3. The van der Waals surface area contributed by atoms with Crippen LogP contribution >= 0.6 is 0 Å². The topological polar surface area (TPSA) is 62.2 Å². The summed E-state index contributed by atoms with van der Waals surface area (Å²) in [4.78, 5) is 13.2. The highest BCUT2D eigenvalue weighted by molar-refractivity contribution is 5.93. The van der Waals surface area contributed by atoms with Gasteiger partial charge in [-0.1, -0.05) is 31.1 Å². The third-order valence-corrected chi connectivity index (χ3v) is 4.95. The molecule has 0 radical (unpaired) electrons. The van der Waals surface area contributed by atoms with Gasteiger partial charge in [0.15, 0.2) is 5.58 Å². The predicted molar refractivity (Wildman–Crippen MR) is 110 cm³/mol. The third kappa shape index (κ3) is 3.19. The number of hydrogen-bond donors (Lipinski definition) is 0. The molecule has 6 nitrogen and oxygen atoms in total. The standard InChI is InChI=1S/C22H25N3O3/c1-4-9-24-20-13-21-18(15(3)23-28-21)12-19(20)25(22(24)26)14-16-7-6-8-17(11-16)27-10-5-2/h6-8,11-13H,4-5,9-10,14H2,1-3H3. The van der Waals surface area contributed by atoms with Gasteiger partial charge in [-0.15, -0.1) is 0 Å². The van der Waals surface area contributed by atoms with Crippen LogP contribution in [0.15, 0.2) is 45.7 Å². The first-order chi connectivity index (χ1) is 13.6. The number of benzene rings is 2. The summed E-state index contributed by atoms with van der Waals surface area (Å²) in [6.07, 6.45) is 1.84. The molecule has 0 aliphatic rings. The summed E-state index contributed by atoms with van der Waals surface area (Å²) in [5.74, 6) is 0.835. The molecule has 6 heteroatoms. The summed E-state index contributed by atoms with van der Waals surface area (Å²) >= 11 is 0. The molecule has 0 aliphatic carbocycles. The lowest BCUT2D eigenvalue weighted by atomic mass is 10.2. The Bertz CT molecular complexity index is 1180. The fourth-order valence-electron chi connectivity index (χ4n) is 3.60. The molecule has 0 bridgehead atoms. The normalized spacial score (nSPS) is 11.5. The first kappa shape index (κ1) is 18.3. The molecule has 0 amide bonds. The van der Waals surface area contributed by atoms with Crippen molar-refractivity contribution in [2.24, 2.45) is 0 Å². The fourth-order valence-corrected chi connectivity index (χ4v) is 3.60. The van der Waals surface area contributed by atoms with E-state index in [-0.39, 0.29) is 5.69 Å². The van der Waals surface area contributed by atoms with Crippen LogP contribution in [-0.4, -0.2) is 20.9 Å². The van der Waals surface area contributed by atoms with Crippen LogP contribution in [0.2, 0.25) is 0 Å². The molecule has 0 saturated carbocycles. The van der Waals surface area contributed by atoms with Crippen molar-refractivity contribution in [2.75, 3.05) is 6.61 Å². The molecular formula is C22H25N3O3. The Balaban J connectivity index is 1.83. The number of fused-ring (bicyclic) bond motifs is 2. The van der Waals surface area contributed by atoms with E-state index in [1.807, 2.05) is 52.5 Å². The first-order valence-electron chi connectivity index (χ1n) is 9.83. The average molecular weight is 379 g/mol. The molecule has 2 heterocycles. The van der Waals surface area contributed by atoms with Gasteiger partial charge in [-0.3, -0.25) is 9.13 Å². The van der Waals surface area contributed by atoms with Crippen molar-refractivity contribution in [1.82, 2.24) is 14.3 Å². The molecular weight excluding hydrogens is 354 g/mol. The lowest BCUT2D eigenvalue weighted by molar-refractivity contribution is 0.317. The number of hydrogen-bond acceptors (Lipinski definition) is 4. The lowest BCUT2D eigenvalue weighted by Gasteiger charge is -2.08. The molecule has 0 N–H and O–H groups in total. The molecule has 0 unspecified atom stereocenters. The van der Waals surface area contributed by atoms with Crippen molar-refractivity contribution in [3.63, 3.8) is 0 Å². The number of aryl methyl sites for hydroxylation is 2. The van der Waals surface area contributed by atoms with Crippen LogP contribution in [0.4, 0.5) is 0 Å². The van der Waals surface area contributed by atoms with Gasteiger partial charge in [0.05, 0.1) is 29.9 Å². The SMILES string of the molecule is CCCOc1cccc(Cn2c(=O)n(CCC)c3cc4onc(C)c4cc32)c1. The Morgan fingerprint density at radius 2 is 1.89 bits per heavy atom. The Morgan fingerprint density at radius 3 is 2.68 bits per heavy atom. The second-order valence-electron chi connectivity index (χ2n) is 7.12. The molecule has 0 saturated heterocycles. The molecule has 146 valence electrons. The van der Waals surface area contributed by atoms with Gasteiger partial charge in [-0.25, -0.2) is 4.79 Å². The van der Waals surface area contributed by atoms with Crippen LogP contribution in [0.1, 0.15) is 37.9 Å². The Morgan fingerprint density at radius 1 is 1.07 bits per heavy atom. The smallest absolute Gasteiger partial charge is 0.329 e. The Kier molecular flexibility index (Phi) is 4.94. The van der Waals surface area contributed by atoms with Crippen LogP contribution in [0, 0.1) is 6.92 Å². The Hall–Kier alpha value is -3.02. The zero-order valence-electron chi connectivity index (χ0n) is 16.6. The molecule has 2 aromatic heterocycles. The van der Waals surface area contributed by atoms with Crippen molar-refractivity contribution >= 4 is 22.0 Å². The van der Waals surface area contributed by atoms with Crippen LogP contribution in [0.25, 0.3) is 22.0 Å². The van der Waals surface area contributed by atoms with Crippen LogP contribution in [-0.2, 0) is 13.1 Å². The summed E-state index contributed by atoms with van der Waals surface area (Å²) in [7, 11) is 0. The van der Waals surface area contributed by atoms with Crippen molar-refractivity contribution in [1.29, 1.82) is 0 Å². The minimum absolute atomic E-state index is 0.00463. The number of imidazole rings is 1. The van der Waals surface area contributed by atoms with Crippen molar-refractivity contribution < 1.29 is 9.26 Å². The van der Waals surface area contributed by atoms with Gasteiger partial charge in [-0.05, 0) is 43.5 Å². The number of ether oxygens (including phenoxy) is 1. The fraction of sp³-hybridized carbons (Fsp3) is 0.364. The summed E-state index contributed by atoms with van der Waals surface area (Å²) < 4.78 is 14.8. The van der Waals surface area contributed by atoms with E-state index in [1.165, 1.54) is 0 Å². The second kappa shape index (κ2) is 7.54. The predicted octanol–water partition coefficient (Wildman–Crippen LogP) is 4.50. The van der Waals surface area contributed by atoms with Crippen molar-refractivity contribution in [3.8, 4) is 5.75 Å². The van der Waals surface area contributed by atoms with E-state index in [0.29, 0.717) is 25.3 Å². The molecule has 4 aromatic rings. The maximum atomic E-state index is 13.2. The van der Waals surface area contributed by atoms with E-state index in [9.17, 15) is 4.79 Å². The van der Waals surface area contributed by atoms with E-state index in [0.717, 1.165) is 46.3 Å². The second-order valence-corrected chi connectivity index (χ2v) is 7.12. The molecule has 4 rings (SSSR count). The van der Waals surface area contributed by atoms with E-state index in [1.54, 1.807) is 0 Å². The molecule has 0 atom stereocenters. The monoisotopic (exact) mass is 379 g/mol. The molecule has 2 aromatic carbocycles. The summed E-state index contributed by atoms with van der Waals surface area (Å²) in [6.45, 7) is 7.91. The highest BCUT2D eigenvalue weighted by atomic mass is 16.5. The molecule has 0 aliphatic heterocycles. The van der Waals surface area contributed by atoms with E-state index in [2.05, 4.69) is 19.0 Å². The van der Waals surface area contributed by atoms with Gasteiger partial charge in [0.2, 0.25) is 0 Å². The maximum absolute atomic E-state index is 13.2. The zero-order chi connectivity index (χ0) is 19.7. The summed E-state index contributed by atoms with van der Waals surface area (Å²) in [5, 5.41) is 5.00. The minimum atomic E-state index is -0.00463. The van der Waals surface area contributed by atoms with Gasteiger partial charge in [0.1, 0.15) is 5.75 Å². The third-order valence-electron chi connectivity index (χ3n) is 4.95. The van der Waals surface area contributed by atoms with Gasteiger partial charge < -0.3 is 9.26 Å². The largest absolute Gasteiger partial charge is 0.494 e. The van der Waals surface area contributed by atoms with Crippen molar-refractivity contribution in [3.05, 3.63) is 58.1 Å².